The van der Waals surface area contributed by atoms with Crippen LogP contribution < -0.4 is 9.42 Å². The van der Waals surface area contributed by atoms with Gasteiger partial charge in [-0.05, 0) is 18.3 Å². The average molecular weight is 261 g/mol. The fourth-order valence-corrected chi connectivity index (χ4v) is 2.90. The van der Waals surface area contributed by atoms with E-state index in [0.29, 0.717) is 0 Å². The molecule has 2 aromatic carbocycles. The molecule has 0 radical (unpaired) electrons. The molecule has 0 saturated carbocycles. The lowest BCUT2D eigenvalue weighted by Crippen LogP contribution is -2.29. The van der Waals surface area contributed by atoms with Crippen LogP contribution in [0.25, 0.3) is 21.8 Å². The standard InChI is InChI=1S/C17H15N3/c1-18(2)16-10-5-8-14-13-7-3-4-9-15(13)19-11-6-12-20(19)17(14)16/h3-10,12H,1-2H3. The Kier molecular flexibility index (Phi) is 2.24. The smallest absolute Gasteiger partial charge is 0.147 e. The van der Waals surface area contributed by atoms with Gasteiger partial charge in [-0.3, -0.25) is 0 Å². The fourth-order valence-electron chi connectivity index (χ4n) is 2.90. The fraction of sp³-hybridized carbons (Fsp3) is 0.118. The molecule has 0 atom stereocenters. The summed E-state index contributed by atoms with van der Waals surface area (Å²) in [4.78, 5) is 2.15. The second-order valence-electron chi connectivity index (χ2n) is 5.19. The molecule has 2 heterocycles. The van der Waals surface area contributed by atoms with Crippen LogP contribution in [0.1, 0.15) is 0 Å². The van der Waals surface area contributed by atoms with Crippen molar-refractivity contribution in [3.05, 3.63) is 60.9 Å². The molecule has 0 saturated heterocycles. The van der Waals surface area contributed by atoms with Crippen molar-refractivity contribution in [1.29, 1.82) is 0 Å². The van der Waals surface area contributed by atoms with Crippen LogP contribution >= 0.6 is 0 Å². The lowest BCUT2D eigenvalue weighted by Gasteiger charge is -2.17. The molecule has 3 heteroatoms. The largest absolute Gasteiger partial charge is 0.376 e. The van der Waals surface area contributed by atoms with Gasteiger partial charge in [0.25, 0.3) is 0 Å². The van der Waals surface area contributed by atoms with Crippen molar-refractivity contribution in [2.45, 2.75) is 0 Å². The third-order valence-corrected chi connectivity index (χ3v) is 3.78. The Balaban J connectivity index is 2.39. The van der Waals surface area contributed by atoms with Gasteiger partial charge in [0.05, 0.1) is 5.69 Å². The molecule has 4 rings (SSSR count). The maximum atomic E-state index is 3.28. The summed E-state index contributed by atoms with van der Waals surface area (Å²) >= 11 is 0. The van der Waals surface area contributed by atoms with Crippen molar-refractivity contribution >= 4 is 27.5 Å². The van der Waals surface area contributed by atoms with E-state index in [1.165, 1.54) is 27.5 Å². The van der Waals surface area contributed by atoms with Gasteiger partial charge in [-0.2, -0.15) is 9.03 Å². The molecule has 2 aromatic heterocycles. The Morgan fingerprint density at radius 2 is 1.80 bits per heavy atom. The Morgan fingerprint density at radius 3 is 2.65 bits per heavy atom. The number of hydrogen-bond acceptors (Lipinski definition) is 1. The van der Waals surface area contributed by atoms with E-state index in [9.17, 15) is 0 Å². The van der Waals surface area contributed by atoms with Crippen LogP contribution in [0.4, 0.5) is 5.69 Å². The topological polar surface area (TPSA) is 11.8 Å². The summed E-state index contributed by atoms with van der Waals surface area (Å²) in [5.41, 5.74) is 3.58. The Morgan fingerprint density at radius 1 is 1.00 bits per heavy atom. The van der Waals surface area contributed by atoms with E-state index in [1.807, 2.05) is 6.07 Å². The summed E-state index contributed by atoms with van der Waals surface area (Å²) in [6, 6.07) is 16.9. The maximum Gasteiger partial charge on any atom is 0.147 e. The minimum absolute atomic E-state index is 1.17. The quantitative estimate of drug-likeness (QED) is 0.291. The highest BCUT2D eigenvalue weighted by atomic mass is 15.3. The molecule has 0 unspecified atom stereocenters. The molecule has 20 heavy (non-hydrogen) atoms. The Hall–Kier alpha value is -2.55. The van der Waals surface area contributed by atoms with Crippen LogP contribution in [0.3, 0.4) is 0 Å². The highest BCUT2D eigenvalue weighted by Crippen LogP contribution is 2.28. The molecule has 0 spiro atoms. The van der Waals surface area contributed by atoms with Gasteiger partial charge in [-0.1, -0.05) is 36.4 Å². The molecular formula is C17H15N3. The van der Waals surface area contributed by atoms with Crippen molar-refractivity contribution in [2.75, 3.05) is 19.0 Å². The molecule has 0 bridgehead atoms. The van der Waals surface area contributed by atoms with Crippen LogP contribution in [-0.2, 0) is 0 Å². The molecule has 3 nitrogen and oxygen atoms in total. The average Bonchev–Trinajstić information content (AvgIpc) is 2.96. The predicted octanol–water partition coefficient (Wildman–Crippen LogP) is 2.70. The summed E-state index contributed by atoms with van der Waals surface area (Å²) in [6.07, 6.45) is 5.34. The van der Waals surface area contributed by atoms with Crippen molar-refractivity contribution in [3.63, 3.8) is 0 Å². The van der Waals surface area contributed by atoms with E-state index < -0.39 is 0 Å². The maximum absolute atomic E-state index is 3.28. The summed E-state index contributed by atoms with van der Waals surface area (Å²) in [5, 5.41) is 2.51. The van der Waals surface area contributed by atoms with Crippen LogP contribution in [0, 0.1) is 6.20 Å². The summed E-state index contributed by atoms with van der Waals surface area (Å²) in [6.45, 7) is 0. The minimum atomic E-state index is 1.17. The van der Waals surface area contributed by atoms with Gasteiger partial charge >= 0.3 is 0 Å². The third kappa shape index (κ3) is 1.37. The van der Waals surface area contributed by atoms with Gasteiger partial charge in [-0.15, -0.1) is 0 Å². The van der Waals surface area contributed by atoms with Crippen molar-refractivity contribution in [2.24, 2.45) is 0 Å². The first-order valence-electron chi connectivity index (χ1n) is 6.69. The van der Waals surface area contributed by atoms with E-state index >= 15 is 0 Å². The second-order valence-corrected chi connectivity index (χ2v) is 5.19. The highest BCUT2D eigenvalue weighted by Gasteiger charge is 2.12. The number of aromatic nitrogens is 2. The van der Waals surface area contributed by atoms with Gasteiger partial charge in [0, 0.05) is 24.9 Å². The van der Waals surface area contributed by atoms with Crippen LogP contribution in [-0.4, -0.2) is 18.6 Å². The summed E-state index contributed by atoms with van der Waals surface area (Å²) in [5.74, 6) is 0. The number of nitrogens with zero attached hydrogens (tertiary/aromatic N) is 3. The molecule has 0 amide bonds. The van der Waals surface area contributed by atoms with E-state index in [1.54, 1.807) is 0 Å². The zero-order valence-corrected chi connectivity index (χ0v) is 11.5. The second kappa shape index (κ2) is 3.97. The van der Waals surface area contributed by atoms with Crippen LogP contribution in [0.2, 0.25) is 0 Å². The number of hydrogen-bond donors (Lipinski definition) is 0. The Bertz CT molecular complexity index is 935. The van der Waals surface area contributed by atoms with Gasteiger partial charge in [-0.25, -0.2) is 0 Å². The first kappa shape index (κ1) is 11.3. The van der Waals surface area contributed by atoms with Gasteiger partial charge in [0.2, 0.25) is 0 Å². The minimum Gasteiger partial charge on any atom is -0.376 e. The number of fused-ring (bicyclic) bond motifs is 6. The van der Waals surface area contributed by atoms with Crippen LogP contribution in [0.15, 0.2) is 54.7 Å². The molecule has 0 aliphatic rings. The zero-order chi connectivity index (χ0) is 13.7. The number of anilines is 1. The zero-order valence-electron chi connectivity index (χ0n) is 11.5. The summed E-state index contributed by atoms with van der Waals surface area (Å²) in [7, 11) is 4.15. The van der Waals surface area contributed by atoms with Crippen molar-refractivity contribution in [3.8, 4) is 0 Å². The lowest BCUT2D eigenvalue weighted by atomic mass is 10.1. The van der Waals surface area contributed by atoms with Gasteiger partial charge in [0.1, 0.15) is 17.2 Å². The number of para-hydroxylation sites is 2. The van der Waals surface area contributed by atoms with E-state index in [4.69, 9.17) is 0 Å². The normalized spacial score (nSPS) is 11.5. The summed E-state index contributed by atoms with van der Waals surface area (Å²) < 4.78 is 4.23. The van der Waals surface area contributed by atoms with E-state index in [2.05, 4.69) is 82.9 Å². The van der Waals surface area contributed by atoms with E-state index in [0.717, 1.165) is 0 Å². The monoisotopic (exact) mass is 261 g/mol. The molecule has 0 aliphatic heterocycles. The van der Waals surface area contributed by atoms with E-state index in [-0.39, 0.29) is 0 Å². The SMILES string of the molecule is CN(C)c1cccc2c3ccccc3[n+]3[c-]ccn3c12. The first-order valence-corrected chi connectivity index (χ1v) is 6.69. The highest BCUT2D eigenvalue weighted by molar-refractivity contribution is 6.06. The number of benzene rings is 2. The van der Waals surface area contributed by atoms with Gasteiger partial charge in [0.15, 0.2) is 0 Å². The molecular weight excluding hydrogens is 246 g/mol. The molecule has 4 aromatic rings. The van der Waals surface area contributed by atoms with Crippen molar-refractivity contribution < 1.29 is 4.52 Å². The van der Waals surface area contributed by atoms with Crippen molar-refractivity contribution in [1.82, 2.24) is 4.52 Å². The van der Waals surface area contributed by atoms with Crippen LogP contribution in [0.5, 0.6) is 0 Å². The predicted molar refractivity (Wildman–Crippen MR) is 81.2 cm³/mol. The first-order chi connectivity index (χ1) is 9.77. The van der Waals surface area contributed by atoms with Gasteiger partial charge < -0.3 is 4.90 Å². The third-order valence-electron chi connectivity index (χ3n) is 3.78. The lowest BCUT2D eigenvalue weighted by molar-refractivity contribution is -0.591. The number of rotatable bonds is 1. The molecule has 0 N–H and O–H groups in total. The molecule has 98 valence electrons. The molecule has 0 aliphatic carbocycles. The molecule has 0 fully saturated rings. The Labute approximate surface area is 117 Å².